The maximum Gasteiger partial charge on any atom is 0.303 e. The fourth-order valence-corrected chi connectivity index (χ4v) is 3.63. The third-order valence-corrected chi connectivity index (χ3v) is 4.57. The van der Waals surface area contributed by atoms with Crippen molar-refractivity contribution >= 4 is 46.3 Å². The van der Waals surface area contributed by atoms with Crippen LogP contribution in [0.15, 0.2) is 23.1 Å². The van der Waals surface area contributed by atoms with Crippen molar-refractivity contribution < 1.29 is 14.7 Å². The van der Waals surface area contributed by atoms with Crippen LogP contribution in [0.5, 0.6) is 0 Å². The molecule has 1 aromatic carbocycles. The van der Waals surface area contributed by atoms with Gasteiger partial charge in [-0.2, -0.15) is 0 Å². The minimum absolute atomic E-state index is 0.0349. The first-order valence-electron chi connectivity index (χ1n) is 6.92. The predicted molar refractivity (Wildman–Crippen MR) is 92.7 cm³/mol. The van der Waals surface area contributed by atoms with Crippen LogP contribution in [0, 0.1) is 13.8 Å². The predicted octanol–water partition coefficient (Wildman–Crippen LogP) is 3.37. The Kier molecular flexibility index (Phi) is 5.37. The summed E-state index contributed by atoms with van der Waals surface area (Å²) in [6, 6.07) is 6.11. The second-order valence-electron chi connectivity index (χ2n) is 5.25. The lowest BCUT2D eigenvalue weighted by Crippen LogP contribution is -2.29. The highest BCUT2D eigenvalue weighted by molar-refractivity contribution is 8.26. The molecular weight excluding hydrogens is 318 g/mol. The summed E-state index contributed by atoms with van der Waals surface area (Å²) < 4.78 is 0.492. The maximum absolute atomic E-state index is 12.4. The number of hydrogen-bond acceptors (Lipinski definition) is 4. The van der Waals surface area contributed by atoms with Gasteiger partial charge < -0.3 is 5.11 Å². The zero-order valence-corrected chi connectivity index (χ0v) is 14.1. The quantitative estimate of drug-likeness (QED) is 0.660. The lowest BCUT2D eigenvalue weighted by molar-refractivity contribution is -0.137. The van der Waals surface area contributed by atoms with E-state index in [0.717, 1.165) is 16.7 Å². The number of hydrogen-bond donors (Lipinski definition) is 1. The van der Waals surface area contributed by atoms with Crippen molar-refractivity contribution in [2.24, 2.45) is 0 Å². The third-order valence-electron chi connectivity index (χ3n) is 3.19. The van der Waals surface area contributed by atoms with Gasteiger partial charge >= 0.3 is 5.97 Å². The van der Waals surface area contributed by atoms with Crippen LogP contribution in [0.4, 0.5) is 0 Å². The molecule has 22 heavy (non-hydrogen) atoms. The van der Waals surface area contributed by atoms with Crippen molar-refractivity contribution in [3.05, 3.63) is 39.8 Å². The molecule has 1 saturated heterocycles. The number of thiocarbonyl (C=S) groups is 1. The van der Waals surface area contributed by atoms with Gasteiger partial charge in [0.15, 0.2) is 0 Å². The summed E-state index contributed by atoms with van der Waals surface area (Å²) in [5.74, 6) is -1.00. The van der Waals surface area contributed by atoms with Crippen LogP contribution in [0.3, 0.4) is 0 Å². The van der Waals surface area contributed by atoms with Gasteiger partial charge in [-0.05, 0) is 31.9 Å². The fraction of sp³-hybridized carbons (Fsp3) is 0.312. The van der Waals surface area contributed by atoms with Crippen LogP contribution >= 0.6 is 24.0 Å². The summed E-state index contributed by atoms with van der Waals surface area (Å²) in [5.41, 5.74) is 3.26. The largest absolute Gasteiger partial charge is 0.481 e. The number of carboxylic acids is 1. The van der Waals surface area contributed by atoms with E-state index in [1.54, 1.807) is 0 Å². The summed E-state index contributed by atoms with van der Waals surface area (Å²) in [6.07, 6.45) is 2.28. The Morgan fingerprint density at radius 2 is 1.95 bits per heavy atom. The van der Waals surface area contributed by atoms with Gasteiger partial charge in [-0.3, -0.25) is 14.5 Å². The minimum atomic E-state index is -0.865. The molecule has 2 rings (SSSR count). The summed E-state index contributed by atoms with van der Waals surface area (Å²) in [4.78, 5) is 25.0. The van der Waals surface area contributed by atoms with E-state index in [0.29, 0.717) is 22.2 Å². The highest BCUT2D eigenvalue weighted by Gasteiger charge is 2.31. The molecule has 0 radical (unpaired) electrons. The van der Waals surface area contributed by atoms with Crippen LogP contribution in [0.25, 0.3) is 6.08 Å². The van der Waals surface area contributed by atoms with E-state index in [-0.39, 0.29) is 12.3 Å². The number of carboxylic acid groups (broad SMARTS) is 1. The lowest BCUT2D eigenvalue weighted by Gasteiger charge is -2.13. The van der Waals surface area contributed by atoms with E-state index in [1.165, 1.54) is 16.7 Å². The first-order valence-corrected chi connectivity index (χ1v) is 8.15. The molecular formula is C16H17NO3S2. The van der Waals surface area contributed by atoms with Crippen LogP contribution in [0.1, 0.15) is 29.5 Å². The Hall–Kier alpha value is -1.66. The lowest BCUT2D eigenvalue weighted by atomic mass is 10.1. The molecule has 0 spiro atoms. The van der Waals surface area contributed by atoms with E-state index >= 15 is 0 Å². The smallest absolute Gasteiger partial charge is 0.303 e. The Morgan fingerprint density at radius 3 is 2.55 bits per heavy atom. The Balaban J connectivity index is 2.13. The van der Waals surface area contributed by atoms with E-state index < -0.39 is 5.97 Å². The van der Waals surface area contributed by atoms with Gasteiger partial charge in [-0.1, -0.05) is 53.3 Å². The van der Waals surface area contributed by atoms with Crippen LogP contribution < -0.4 is 0 Å². The molecule has 1 aliphatic heterocycles. The summed E-state index contributed by atoms with van der Waals surface area (Å²) in [6.45, 7) is 4.38. The van der Waals surface area contributed by atoms with Gasteiger partial charge in [0, 0.05) is 13.0 Å². The number of nitrogens with zero attached hydrogens (tertiary/aromatic N) is 1. The highest BCUT2D eigenvalue weighted by atomic mass is 32.2. The van der Waals surface area contributed by atoms with Crippen molar-refractivity contribution in [2.45, 2.75) is 26.7 Å². The number of amides is 1. The fourth-order valence-electron chi connectivity index (χ4n) is 2.33. The van der Waals surface area contributed by atoms with Crippen molar-refractivity contribution in [3.8, 4) is 0 Å². The monoisotopic (exact) mass is 335 g/mol. The second kappa shape index (κ2) is 7.07. The topological polar surface area (TPSA) is 57.6 Å². The van der Waals surface area contributed by atoms with Crippen molar-refractivity contribution in [1.82, 2.24) is 4.90 Å². The number of carbonyl (C=O) groups excluding carboxylic acids is 1. The van der Waals surface area contributed by atoms with Crippen LogP contribution in [-0.2, 0) is 9.59 Å². The highest BCUT2D eigenvalue weighted by Crippen LogP contribution is 2.32. The molecule has 0 aromatic heterocycles. The molecule has 0 atom stereocenters. The van der Waals surface area contributed by atoms with E-state index in [4.69, 9.17) is 17.3 Å². The van der Waals surface area contributed by atoms with Gasteiger partial charge in [0.1, 0.15) is 4.32 Å². The molecule has 0 unspecified atom stereocenters. The average molecular weight is 335 g/mol. The minimum Gasteiger partial charge on any atom is -0.481 e. The molecule has 1 N–H and O–H groups in total. The number of benzene rings is 1. The van der Waals surface area contributed by atoms with Gasteiger partial charge in [-0.15, -0.1) is 0 Å². The van der Waals surface area contributed by atoms with E-state index in [9.17, 15) is 9.59 Å². The van der Waals surface area contributed by atoms with Crippen LogP contribution in [-0.4, -0.2) is 32.7 Å². The van der Waals surface area contributed by atoms with Gasteiger partial charge in [0.2, 0.25) is 0 Å². The van der Waals surface area contributed by atoms with Crippen molar-refractivity contribution in [1.29, 1.82) is 0 Å². The normalized spacial score (nSPS) is 16.6. The zero-order valence-electron chi connectivity index (χ0n) is 12.5. The van der Waals surface area contributed by atoms with Gasteiger partial charge in [0.05, 0.1) is 4.91 Å². The number of rotatable bonds is 5. The molecule has 1 aliphatic rings. The van der Waals surface area contributed by atoms with E-state index in [2.05, 4.69) is 6.07 Å². The molecule has 0 bridgehead atoms. The summed E-state index contributed by atoms with van der Waals surface area (Å²) in [7, 11) is 0. The standard InChI is InChI=1S/C16H17NO3S2/c1-10-6-11(2)8-12(7-10)9-13-15(20)17(16(21)22-13)5-3-4-14(18)19/h6-9H,3-5H2,1-2H3,(H,18,19)/b13-9+. The SMILES string of the molecule is Cc1cc(C)cc(/C=C2/SC(=S)N(CCCC(=O)O)C2=O)c1. The van der Waals surface area contributed by atoms with Crippen molar-refractivity contribution in [3.63, 3.8) is 0 Å². The van der Waals surface area contributed by atoms with Crippen molar-refractivity contribution in [2.75, 3.05) is 6.54 Å². The van der Waals surface area contributed by atoms with Gasteiger partial charge in [0.25, 0.3) is 5.91 Å². The summed E-state index contributed by atoms with van der Waals surface area (Å²) >= 11 is 6.49. The molecule has 1 aromatic rings. The average Bonchev–Trinajstić information content (AvgIpc) is 2.64. The molecule has 6 heteroatoms. The maximum atomic E-state index is 12.4. The molecule has 116 valence electrons. The number of aliphatic carboxylic acids is 1. The Morgan fingerprint density at radius 1 is 1.32 bits per heavy atom. The molecule has 1 heterocycles. The Labute approximate surface area is 139 Å². The molecule has 1 amide bonds. The summed E-state index contributed by atoms with van der Waals surface area (Å²) in [5, 5.41) is 8.67. The first-order chi connectivity index (χ1) is 10.4. The Bertz CT molecular complexity index is 647. The van der Waals surface area contributed by atoms with Crippen LogP contribution in [0.2, 0.25) is 0 Å². The number of thioether (sulfide) groups is 1. The zero-order chi connectivity index (χ0) is 16.3. The number of carbonyl (C=O) groups is 2. The van der Waals surface area contributed by atoms with Gasteiger partial charge in [-0.25, -0.2) is 0 Å². The number of aryl methyl sites for hydroxylation is 2. The molecule has 0 aliphatic carbocycles. The van der Waals surface area contributed by atoms with E-state index in [1.807, 2.05) is 32.1 Å². The second-order valence-corrected chi connectivity index (χ2v) is 6.93. The molecule has 0 saturated carbocycles. The molecule has 1 fully saturated rings. The molecule has 4 nitrogen and oxygen atoms in total. The third kappa shape index (κ3) is 4.18. The first kappa shape index (κ1) is 16.7.